The summed E-state index contributed by atoms with van der Waals surface area (Å²) in [4.78, 5) is -0.212. The van der Waals surface area contributed by atoms with E-state index < -0.39 is 10.1 Å². The highest BCUT2D eigenvalue weighted by atomic mass is 32.2. The number of benzene rings is 3. The van der Waals surface area contributed by atoms with Crippen LogP contribution >= 0.6 is 0 Å². The Bertz CT molecular complexity index is 1120. The Balaban J connectivity index is 2.11. The first kappa shape index (κ1) is 17.8. The third-order valence-electron chi connectivity index (χ3n) is 3.91. The number of aryl methyl sites for hydroxylation is 1. The fourth-order valence-corrected chi connectivity index (χ4v) is 3.36. The Kier molecular flexibility index (Phi) is 4.62. The number of rotatable bonds is 4. The quantitative estimate of drug-likeness (QED) is 0.401. The molecule has 134 valence electrons. The largest absolute Gasteiger partial charge is 0.495 e. The Morgan fingerprint density at radius 2 is 1.81 bits per heavy atom. The molecule has 0 heterocycles. The number of hydrogen-bond donors (Lipinski definition) is 2. The predicted octanol–water partition coefficient (Wildman–Crippen LogP) is 4.40. The van der Waals surface area contributed by atoms with E-state index in [2.05, 4.69) is 10.2 Å². The number of hydrogen-bond acceptors (Lipinski definition) is 6. The molecule has 0 aliphatic rings. The van der Waals surface area contributed by atoms with Crippen molar-refractivity contribution in [3.63, 3.8) is 0 Å². The second kappa shape index (κ2) is 6.74. The Labute approximate surface area is 150 Å². The average Bonchev–Trinajstić information content (AvgIpc) is 2.59. The lowest BCUT2D eigenvalue weighted by Crippen LogP contribution is -1.98. The average molecular weight is 371 g/mol. The number of fused-ring (bicyclic) bond motifs is 1. The molecule has 0 spiro atoms. The van der Waals surface area contributed by atoms with E-state index in [9.17, 15) is 13.0 Å². The zero-order chi connectivity index (χ0) is 18.9. The van der Waals surface area contributed by atoms with Crippen molar-refractivity contribution >= 4 is 38.0 Å². The lowest BCUT2D eigenvalue weighted by atomic mass is 10.1. The van der Waals surface area contributed by atoms with Gasteiger partial charge >= 0.3 is 0 Å². The van der Waals surface area contributed by atoms with Gasteiger partial charge in [-0.1, -0.05) is 24.3 Å². The smallest absolute Gasteiger partial charge is 0.295 e. The molecule has 0 saturated heterocycles. The van der Waals surface area contributed by atoms with Crippen LogP contribution in [0.4, 0.5) is 17.1 Å². The summed E-state index contributed by atoms with van der Waals surface area (Å²) in [6, 6.07) is 13.2. The van der Waals surface area contributed by atoms with Crippen LogP contribution in [0.3, 0.4) is 0 Å². The molecule has 26 heavy (non-hydrogen) atoms. The van der Waals surface area contributed by atoms with Gasteiger partial charge in [-0.15, -0.1) is 0 Å². The number of nitrogen functional groups attached to an aromatic ring is 1. The van der Waals surface area contributed by atoms with Gasteiger partial charge in [0.25, 0.3) is 10.1 Å². The molecule has 0 amide bonds. The van der Waals surface area contributed by atoms with Crippen molar-refractivity contribution < 1.29 is 17.7 Å². The minimum Gasteiger partial charge on any atom is -0.495 e. The van der Waals surface area contributed by atoms with E-state index in [1.165, 1.54) is 13.2 Å². The summed E-state index contributed by atoms with van der Waals surface area (Å²) in [6.07, 6.45) is 0. The van der Waals surface area contributed by atoms with Crippen LogP contribution in [0.2, 0.25) is 0 Å². The summed E-state index contributed by atoms with van der Waals surface area (Å²) in [7, 11) is -2.89. The molecule has 8 heteroatoms. The van der Waals surface area contributed by atoms with Crippen LogP contribution < -0.4 is 10.5 Å². The fourth-order valence-electron chi connectivity index (χ4n) is 2.63. The van der Waals surface area contributed by atoms with Crippen LogP contribution in [0.25, 0.3) is 10.8 Å². The number of ether oxygens (including phenoxy) is 1. The van der Waals surface area contributed by atoms with E-state index >= 15 is 0 Å². The van der Waals surface area contributed by atoms with Gasteiger partial charge in [0.1, 0.15) is 10.6 Å². The number of nitrogens with zero attached hydrogens (tertiary/aromatic N) is 2. The van der Waals surface area contributed by atoms with Gasteiger partial charge in [-0.3, -0.25) is 4.55 Å². The normalized spacial score (nSPS) is 12.0. The highest BCUT2D eigenvalue weighted by Gasteiger charge is 2.15. The number of azo groups is 1. The Hall–Kier alpha value is -2.97. The summed E-state index contributed by atoms with van der Waals surface area (Å²) in [6.45, 7) is 1.83. The molecule has 3 rings (SSSR count). The summed E-state index contributed by atoms with van der Waals surface area (Å²) in [5.41, 5.74) is 7.97. The van der Waals surface area contributed by atoms with Crippen molar-refractivity contribution in [1.82, 2.24) is 0 Å². The van der Waals surface area contributed by atoms with Crippen LogP contribution in [0.1, 0.15) is 5.56 Å². The molecule has 0 bridgehead atoms. The zero-order valence-electron chi connectivity index (χ0n) is 14.2. The maximum atomic E-state index is 11.7. The molecule has 0 saturated carbocycles. The molecule has 0 unspecified atom stereocenters. The van der Waals surface area contributed by atoms with Crippen molar-refractivity contribution in [2.75, 3.05) is 12.8 Å². The molecular formula is C18H17N3O4S. The van der Waals surface area contributed by atoms with Crippen molar-refractivity contribution in [1.29, 1.82) is 0 Å². The van der Waals surface area contributed by atoms with Gasteiger partial charge in [0, 0.05) is 11.5 Å². The highest BCUT2D eigenvalue weighted by Crippen LogP contribution is 2.33. The fraction of sp³-hybridized carbons (Fsp3) is 0.111. The minimum absolute atomic E-state index is 0.212. The summed E-state index contributed by atoms with van der Waals surface area (Å²) >= 11 is 0. The number of nitrogens with two attached hydrogens (primary N) is 1. The summed E-state index contributed by atoms with van der Waals surface area (Å²) < 4.78 is 38.1. The molecular weight excluding hydrogens is 354 g/mol. The van der Waals surface area contributed by atoms with E-state index in [1.54, 1.807) is 42.5 Å². The molecule has 7 nitrogen and oxygen atoms in total. The van der Waals surface area contributed by atoms with E-state index in [1.807, 2.05) is 6.92 Å². The standard InChI is InChI=1S/C18H17N3O4S/c1-11-7-15(19)17(25-2)10-16(11)21-20-13-8-12-5-3-4-6-14(12)18(9-13)26(22,23)24/h3-10H,19H2,1-2H3,(H,22,23,24). The Morgan fingerprint density at radius 3 is 2.50 bits per heavy atom. The monoisotopic (exact) mass is 371 g/mol. The maximum Gasteiger partial charge on any atom is 0.295 e. The van der Waals surface area contributed by atoms with E-state index in [-0.39, 0.29) is 4.90 Å². The van der Waals surface area contributed by atoms with Crippen LogP contribution in [0.5, 0.6) is 5.75 Å². The van der Waals surface area contributed by atoms with Crippen molar-refractivity contribution in [3.05, 3.63) is 54.1 Å². The zero-order valence-corrected chi connectivity index (χ0v) is 15.0. The van der Waals surface area contributed by atoms with Gasteiger partial charge in [-0.25, -0.2) is 0 Å². The Morgan fingerprint density at radius 1 is 1.08 bits per heavy atom. The SMILES string of the molecule is COc1cc(N=Nc2cc(S(=O)(=O)O)c3ccccc3c2)c(C)cc1N. The van der Waals surface area contributed by atoms with Crippen molar-refractivity contribution in [3.8, 4) is 5.75 Å². The van der Waals surface area contributed by atoms with E-state index in [4.69, 9.17) is 10.5 Å². The molecule has 0 aromatic heterocycles. The van der Waals surface area contributed by atoms with Gasteiger partial charge in [0.15, 0.2) is 0 Å². The van der Waals surface area contributed by atoms with Gasteiger partial charge < -0.3 is 10.5 Å². The van der Waals surface area contributed by atoms with Crippen LogP contribution in [-0.2, 0) is 10.1 Å². The third kappa shape index (κ3) is 3.51. The molecule has 0 aliphatic heterocycles. The maximum absolute atomic E-state index is 11.7. The molecule has 3 aromatic rings. The lowest BCUT2D eigenvalue weighted by Gasteiger charge is -2.08. The molecule has 0 aliphatic carbocycles. The number of anilines is 1. The van der Waals surface area contributed by atoms with Crippen LogP contribution in [0.15, 0.2) is 63.7 Å². The van der Waals surface area contributed by atoms with Crippen LogP contribution in [-0.4, -0.2) is 20.1 Å². The van der Waals surface area contributed by atoms with Crippen molar-refractivity contribution in [2.24, 2.45) is 10.2 Å². The van der Waals surface area contributed by atoms with Gasteiger partial charge in [0.2, 0.25) is 0 Å². The van der Waals surface area contributed by atoms with Crippen LogP contribution in [0, 0.1) is 6.92 Å². The second-order valence-corrected chi connectivity index (χ2v) is 7.11. The topological polar surface area (TPSA) is 114 Å². The van der Waals surface area contributed by atoms with Gasteiger partial charge in [0.05, 0.1) is 24.2 Å². The van der Waals surface area contributed by atoms with Crippen molar-refractivity contribution in [2.45, 2.75) is 11.8 Å². The van der Waals surface area contributed by atoms with Gasteiger partial charge in [-0.2, -0.15) is 18.6 Å². The van der Waals surface area contributed by atoms with E-state index in [0.717, 1.165) is 5.56 Å². The first-order valence-electron chi connectivity index (χ1n) is 7.66. The lowest BCUT2D eigenvalue weighted by molar-refractivity contribution is 0.417. The third-order valence-corrected chi connectivity index (χ3v) is 4.80. The molecule has 3 aromatic carbocycles. The molecule has 0 atom stereocenters. The molecule has 0 fully saturated rings. The van der Waals surface area contributed by atoms with Gasteiger partial charge in [-0.05, 0) is 36.1 Å². The molecule has 3 N–H and O–H groups in total. The first-order chi connectivity index (χ1) is 12.3. The van der Waals surface area contributed by atoms with E-state index in [0.29, 0.717) is 33.6 Å². The summed E-state index contributed by atoms with van der Waals surface area (Å²) in [5, 5.41) is 9.33. The predicted molar refractivity (Wildman–Crippen MR) is 100 cm³/mol. The highest BCUT2D eigenvalue weighted by molar-refractivity contribution is 7.86. The molecule has 0 radical (unpaired) electrons. The minimum atomic E-state index is -4.40. The number of methoxy groups -OCH3 is 1. The first-order valence-corrected chi connectivity index (χ1v) is 9.10. The second-order valence-electron chi connectivity index (χ2n) is 5.72. The summed E-state index contributed by atoms with van der Waals surface area (Å²) in [5.74, 6) is 0.474.